The summed E-state index contributed by atoms with van der Waals surface area (Å²) in [6.45, 7) is 2.59. The van der Waals surface area contributed by atoms with Gasteiger partial charge in [-0.3, -0.25) is 4.90 Å². The van der Waals surface area contributed by atoms with Crippen LogP contribution in [0.15, 0.2) is 22.7 Å². The molecule has 0 amide bonds. The van der Waals surface area contributed by atoms with Crippen LogP contribution in [0.25, 0.3) is 0 Å². The van der Waals surface area contributed by atoms with Crippen LogP contribution in [-0.2, 0) is 6.54 Å². The molecule has 1 aliphatic carbocycles. The molecule has 106 valence electrons. The zero-order valence-corrected chi connectivity index (χ0v) is 13.2. The zero-order valence-electron chi connectivity index (χ0n) is 11.6. The van der Waals surface area contributed by atoms with E-state index in [0.29, 0.717) is 12.6 Å². The van der Waals surface area contributed by atoms with E-state index in [2.05, 4.69) is 26.9 Å². The van der Waals surface area contributed by atoms with E-state index < -0.39 is 0 Å². The van der Waals surface area contributed by atoms with Crippen LogP contribution < -0.4 is 10.5 Å². The molecule has 0 unspecified atom stereocenters. The van der Waals surface area contributed by atoms with E-state index in [9.17, 15) is 0 Å². The average Bonchev–Trinajstić information content (AvgIpc) is 2.92. The maximum Gasteiger partial charge on any atom is 0.123 e. The summed E-state index contributed by atoms with van der Waals surface area (Å²) in [7, 11) is 1.73. The Kier molecular flexibility index (Phi) is 5.67. The lowest BCUT2D eigenvalue weighted by molar-refractivity contribution is 0.193. The van der Waals surface area contributed by atoms with Gasteiger partial charge < -0.3 is 10.5 Å². The molecule has 1 aliphatic rings. The Hall–Kier alpha value is -0.580. The minimum atomic E-state index is 0.687. The van der Waals surface area contributed by atoms with Gasteiger partial charge >= 0.3 is 0 Å². The molecule has 0 saturated heterocycles. The molecule has 0 atom stereocenters. The van der Waals surface area contributed by atoms with Gasteiger partial charge in [0, 0.05) is 35.7 Å². The van der Waals surface area contributed by atoms with Crippen molar-refractivity contribution in [3.05, 3.63) is 28.2 Å². The van der Waals surface area contributed by atoms with Crippen molar-refractivity contribution in [1.82, 2.24) is 4.90 Å². The second-order valence-corrected chi connectivity index (χ2v) is 6.07. The van der Waals surface area contributed by atoms with Crippen molar-refractivity contribution in [2.75, 3.05) is 20.2 Å². The number of hydrogen-bond donors (Lipinski definition) is 1. The van der Waals surface area contributed by atoms with Crippen LogP contribution in [0.1, 0.15) is 31.2 Å². The predicted octanol–water partition coefficient (Wildman–Crippen LogP) is 3.16. The first kappa shape index (κ1) is 14.8. The van der Waals surface area contributed by atoms with Crippen LogP contribution >= 0.6 is 15.9 Å². The Morgan fingerprint density at radius 3 is 2.74 bits per heavy atom. The number of ether oxygens (including phenoxy) is 1. The van der Waals surface area contributed by atoms with Crippen molar-refractivity contribution >= 4 is 15.9 Å². The Labute approximate surface area is 124 Å². The van der Waals surface area contributed by atoms with Crippen LogP contribution in [-0.4, -0.2) is 31.1 Å². The summed E-state index contributed by atoms with van der Waals surface area (Å²) < 4.78 is 6.56. The fourth-order valence-electron chi connectivity index (χ4n) is 2.92. The van der Waals surface area contributed by atoms with Crippen molar-refractivity contribution in [2.24, 2.45) is 5.73 Å². The fourth-order valence-corrected chi connectivity index (χ4v) is 3.32. The first-order chi connectivity index (χ1) is 9.24. The lowest BCUT2D eigenvalue weighted by Gasteiger charge is -2.29. The van der Waals surface area contributed by atoms with E-state index in [-0.39, 0.29) is 0 Å². The van der Waals surface area contributed by atoms with E-state index in [1.165, 1.54) is 31.2 Å². The maximum absolute atomic E-state index is 5.77. The minimum Gasteiger partial charge on any atom is -0.496 e. The lowest BCUT2D eigenvalue weighted by atomic mass is 10.1. The van der Waals surface area contributed by atoms with E-state index in [4.69, 9.17) is 10.5 Å². The van der Waals surface area contributed by atoms with Crippen molar-refractivity contribution in [3.63, 3.8) is 0 Å². The summed E-state index contributed by atoms with van der Waals surface area (Å²) in [5.74, 6) is 0.961. The monoisotopic (exact) mass is 326 g/mol. The van der Waals surface area contributed by atoms with Gasteiger partial charge in [0.2, 0.25) is 0 Å². The van der Waals surface area contributed by atoms with E-state index >= 15 is 0 Å². The van der Waals surface area contributed by atoms with Gasteiger partial charge in [0.1, 0.15) is 5.75 Å². The van der Waals surface area contributed by atoms with Gasteiger partial charge in [0.25, 0.3) is 0 Å². The number of rotatable bonds is 6. The highest BCUT2D eigenvalue weighted by Crippen LogP contribution is 2.28. The number of nitrogens with two attached hydrogens (primary N) is 1. The third-order valence-electron chi connectivity index (χ3n) is 3.87. The van der Waals surface area contributed by atoms with Gasteiger partial charge in [-0.25, -0.2) is 0 Å². The third kappa shape index (κ3) is 3.94. The summed E-state index contributed by atoms with van der Waals surface area (Å²) in [6.07, 6.45) is 5.30. The van der Waals surface area contributed by atoms with E-state index in [1.54, 1.807) is 7.11 Å². The standard InChI is InChI=1S/C15H23BrN2O/c1-19-15-7-6-13(16)10-12(15)11-18(9-8-17)14-4-2-3-5-14/h6-7,10,14H,2-5,8-9,11,17H2,1H3. The lowest BCUT2D eigenvalue weighted by Crippen LogP contribution is -2.36. The Bertz CT molecular complexity index is 405. The molecular weight excluding hydrogens is 304 g/mol. The molecular formula is C15H23BrN2O. The molecule has 3 nitrogen and oxygen atoms in total. The molecule has 0 bridgehead atoms. The molecule has 0 heterocycles. The Balaban J connectivity index is 2.13. The SMILES string of the molecule is COc1ccc(Br)cc1CN(CCN)C1CCCC1. The van der Waals surface area contributed by atoms with Gasteiger partial charge in [0.15, 0.2) is 0 Å². The third-order valence-corrected chi connectivity index (χ3v) is 4.37. The largest absolute Gasteiger partial charge is 0.496 e. The molecule has 0 aromatic heterocycles. The van der Waals surface area contributed by atoms with Gasteiger partial charge in [-0.2, -0.15) is 0 Å². The molecule has 0 aliphatic heterocycles. The van der Waals surface area contributed by atoms with Crippen LogP contribution in [0.5, 0.6) is 5.75 Å². The maximum atomic E-state index is 5.77. The van der Waals surface area contributed by atoms with E-state index in [1.807, 2.05) is 12.1 Å². The van der Waals surface area contributed by atoms with Crippen LogP contribution in [0.2, 0.25) is 0 Å². The summed E-state index contributed by atoms with van der Waals surface area (Å²) in [4.78, 5) is 2.51. The van der Waals surface area contributed by atoms with Crippen molar-refractivity contribution < 1.29 is 4.74 Å². The fraction of sp³-hybridized carbons (Fsp3) is 0.600. The van der Waals surface area contributed by atoms with Crippen LogP contribution in [0.3, 0.4) is 0 Å². The van der Waals surface area contributed by atoms with Crippen LogP contribution in [0, 0.1) is 0 Å². The van der Waals surface area contributed by atoms with Crippen LogP contribution in [0.4, 0.5) is 0 Å². The number of benzene rings is 1. The molecule has 0 spiro atoms. The second kappa shape index (κ2) is 7.27. The van der Waals surface area contributed by atoms with Gasteiger partial charge in [-0.05, 0) is 31.0 Å². The average molecular weight is 327 g/mol. The minimum absolute atomic E-state index is 0.687. The molecule has 2 rings (SSSR count). The number of halogens is 1. The molecule has 1 aromatic carbocycles. The summed E-state index contributed by atoms with van der Waals surface area (Å²) >= 11 is 3.54. The highest BCUT2D eigenvalue weighted by atomic mass is 79.9. The second-order valence-electron chi connectivity index (χ2n) is 5.15. The number of hydrogen-bond acceptors (Lipinski definition) is 3. The van der Waals surface area contributed by atoms with Crippen molar-refractivity contribution in [1.29, 1.82) is 0 Å². The molecule has 1 saturated carbocycles. The number of methoxy groups -OCH3 is 1. The van der Waals surface area contributed by atoms with Gasteiger partial charge in [-0.1, -0.05) is 28.8 Å². The summed E-state index contributed by atoms with van der Waals surface area (Å²) in [5, 5.41) is 0. The molecule has 19 heavy (non-hydrogen) atoms. The smallest absolute Gasteiger partial charge is 0.123 e. The Morgan fingerprint density at radius 1 is 1.37 bits per heavy atom. The van der Waals surface area contributed by atoms with Gasteiger partial charge in [0.05, 0.1) is 7.11 Å². The molecule has 1 aromatic rings. The first-order valence-electron chi connectivity index (χ1n) is 7.01. The van der Waals surface area contributed by atoms with Gasteiger partial charge in [-0.15, -0.1) is 0 Å². The van der Waals surface area contributed by atoms with Crippen molar-refractivity contribution in [3.8, 4) is 5.75 Å². The quantitative estimate of drug-likeness (QED) is 0.872. The molecule has 1 fully saturated rings. The predicted molar refractivity (Wildman–Crippen MR) is 82.4 cm³/mol. The number of nitrogens with zero attached hydrogens (tertiary/aromatic N) is 1. The molecule has 0 radical (unpaired) electrons. The normalized spacial score (nSPS) is 16.2. The van der Waals surface area contributed by atoms with Crippen molar-refractivity contribution in [2.45, 2.75) is 38.3 Å². The Morgan fingerprint density at radius 2 is 2.11 bits per heavy atom. The molecule has 2 N–H and O–H groups in total. The zero-order chi connectivity index (χ0) is 13.7. The van der Waals surface area contributed by atoms with E-state index in [0.717, 1.165) is 23.3 Å². The highest BCUT2D eigenvalue weighted by molar-refractivity contribution is 9.10. The first-order valence-corrected chi connectivity index (χ1v) is 7.80. The highest BCUT2D eigenvalue weighted by Gasteiger charge is 2.22. The topological polar surface area (TPSA) is 38.5 Å². The summed E-state index contributed by atoms with van der Waals surface area (Å²) in [5.41, 5.74) is 7.00. The summed E-state index contributed by atoms with van der Waals surface area (Å²) in [6, 6.07) is 6.88. The molecule has 4 heteroatoms.